The van der Waals surface area contributed by atoms with Gasteiger partial charge in [-0.1, -0.05) is 148 Å². The second kappa shape index (κ2) is 39.2. The third-order valence-electron chi connectivity index (χ3n) is 7.46. The van der Waals surface area contributed by atoms with Crippen LogP contribution in [0.5, 0.6) is 0 Å². The van der Waals surface area contributed by atoms with Crippen molar-refractivity contribution >= 4 is 19.8 Å². The van der Waals surface area contributed by atoms with Crippen LogP contribution in [0.1, 0.15) is 129 Å². The molecular weight excluding hydrogens is 699 g/mol. The summed E-state index contributed by atoms with van der Waals surface area (Å²) in [4.78, 5) is 42.8. The van der Waals surface area contributed by atoms with E-state index in [-0.39, 0.29) is 19.4 Å². The number of ether oxygens (including phenoxy) is 2. The third-order valence-corrected chi connectivity index (χ3v) is 7.94. The second-order valence-corrected chi connectivity index (χ2v) is 13.8. The van der Waals surface area contributed by atoms with Crippen molar-refractivity contribution in [1.82, 2.24) is 0 Å². The topological polar surface area (TPSA) is 119 Å². The Kier molecular flexibility index (Phi) is 36.6. The Labute approximate surface area is 327 Å². The molecule has 0 unspecified atom stereocenters. The number of allylic oxidation sites excluding steroid dienone is 20. The van der Waals surface area contributed by atoms with Crippen LogP contribution in [0.25, 0.3) is 0 Å². The SMILES string of the molecule is CC/C=C/C/C=C/C/C=C/C/C=C/C/C=C/C/C=C/CCC(=O)O[C@H](COC(=O)CCCCC/C=C/C/C=C/C/C=C/C/C=C/CCC)COP(=O)(O)O. The van der Waals surface area contributed by atoms with Crippen LogP contribution in [0.15, 0.2) is 122 Å². The van der Waals surface area contributed by atoms with Gasteiger partial charge in [-0.3, -0.25) is 14.1 Å². The fourth-order valence-electron chi connectivity index (χ4n) is 4.56. The lowest BCUT2D eigenvalue weighted by Crippen LogP contribution is -2.29. The third kappa shape index (κ3) is 41.2. The van der Waals surface area contributed by atoms with Crippen LogP contribution in [0.2, 0.25) is 0 Å². The molecule has 0 radical (unpaired) electrons. The van der Waals surface area contributed by atoms with Gasteiger partial charge in [-0.05, 0) is 89.9 Å². The van der Waals surface area contributed by atoms with Gasteiger partial charge in [-0.2, -0.15) is 0 Å². The Balaban J connectivity index is 4.18. The fourth-order valence-corrected chi connectivity index (χ4v) is 4.92. The summed E-state index contributed by atoms with van der Waals surface area (Å²) >= 11 is 0. The Morgan fingerprint density at radius 1 is 0.500 bits per heavy atom. The number of phosphoric acid groups is 1. The molecule has 54 heavy (non-hydrogen) atoms. The van der Waals surface area contributed by atoms with E-state index < -0.39 is 32.5 Å². The number of hydrogen-bond donors (Lipinski definition) is 2. The van der Waals surface area contributed by atoms with E-state index in [1.807, 2.05) is 12.2 Å². The Morgan fingerprint density at radius 2 is 0.926 bits per heavy atom. The summed E-state index contributed by atoms with van der Waals surface area (Å²) in [6.07, 6.45) is 56.4. The van der Waals surface area contributed by atoms with E-state index in [4.69, 9.17) is 19.3 Å². The van der Waals surface area contributed by atoms with Gasteiger partial charge < -0.3 is 19.3 Å². The molecule has 0 aromatic heterocycles. The van der Waals surface area contributed by atoms with E-state index >= 15 is 0 Å². The zero-order valence-corrected chi connectivity index (χ0v) is 34.0. The van der Waals surface area contributed by atoms with Crippen molar-refractivity contribution in [3.8, 4) is 0 Å². The molecular formula is C45H69O8P. The number of carbonyl (C=O) groups is 2. The highest BCUT2D eigenvalue weighted by atomic mass is 31.2. The standard InChI is InChI=1S/C45H69O8P/c1-3-5-7-9-11-13-15-17-19-21-22-24-26-28-30-32-34-36-38-40-45(47)53-43(42-52-54(48,49)50)41-51-44(46)39-37-35-33-31-29-27-25-23-20-18-16-14-12-10-8-6-4-2/h5,7-8,10-11,13-14,16-17,19-20,22-24,27-30,34,36,43H,3-4,6,9,12,15,18,21,25-26,31-33,35,37-42H2,1-2H3,(H2,48,49,50)/b7-5+,10-8+,13-11+,16-14+,19-17+,23-20+,24-22+,29-27+,30-28+,36-34+/t43-/m1/s1. The van der Waals surface area contributed by atoms with Gasteiger partial charge in [0.25, 0.3) is 0 Å². The smallest absolute Gasteiger partial charge is 0.462 e. The molecule has 0 aliphatic rings. The number of phosphoric ester groups is 1. The van der Waals surface area contributed by atoms with Gasteiger partial charge >= 0.3 is 19.8 Å². The Morgan fingerprint density at radius 3 is 1.37 bits per heavy atom. The summed E-state index contributed by atoms with van der Waals surface area (Å²) in [7, 11) is -4.79. The van der Waals surface area contributed by atoms with Crippen molar-refractivity contribution in [2.75, 3.05) is 13.2 Å². The Bertz CT molecular complexity index is 1280. The van der Waals surface area contributed by atoms with E-state index in [1.54, 1.807) is 0 Å². The molecule has 9 heteroatoms. The van der Waals surface area contributed by atoms with Gasteiger partial charge in [0.05, 0.1) is 6.61 Å². The van der Waals surface area contributed by atoms with Gasteiger partial charge in [0.1, 0.15) is 6.61 Å². The van der Waals surface area contributed by atoms with Crippen molar-refractivity contribution < 1.29 is 37.9 Å². The predicted octanol–water partition coefficient (Wildman–Crippen LogP) is 12.2. The summed E-state index contributed by atoms with van der Waals surface area (Å²) in [6.45, 7) is 3.39. The van der Waals surface area contributed by atoms with Gasteiger partial charge in [0.2, 0.25) is 0 Å². The van der Waals surface area contributed by atoms with Gasteiger partial charge in [-0.25, -0.2) is 4.57 Å². The number of unbranched alkanes of at least 4 members (excludes halogenated alkanes) is 4. The van der Waals surface area contributed by atoms with Crippen LogP contribution in [-0.4, -0.2) is 41.0 Å². The van der Waals surface area contributed by atoms with E-state index in [0.717, 1.165) is 83.5 Å². The van der Waals surface area contributed by atoms with E-state index in [9.17, 15) is 14.2 Å². The van der Waals surface area contributed by atoms with Crippen LogP contribution in [-0.2, 0) is 28.2 Å². The van der Waals surface area contributed by atoms with Crippen molar-refractivity contribution in [1.29, 1.82) is 0 Å². The summed E-state index contributed by atoms with van der Waals surface area (Å²) in [5, 5.41) is 0. The first-order valence-electron chi connectivity index (χ1n) is 19.8. The lowest BCUT2D eigenvalue weighted by Gasteiger charge is -2.18. The first kappa shape index (κ1) is 50.5. The van der Waals surface area contributed by atoms with Crippen LogP contribution in [0.4, 0.5) is 0 Å². The van der Waals surface area contributed by atoms with Crippen LogP contribution in [0.3, 0.4) is 0 Å². The molecule has 0 saturated heterocycles. The molecule has 0 amide bonds. The molecule has 8 nitrogen and oxygen atoms in total. The number of esters is 2. The number of hydrogen-bond acceptors (Lipinski definition) is 6. The maximum atomic E-state index is 12.4. The average molecular weight is 769 g/mol. The number of carbonyl (C=O) groups excluding carboxylic acids is 2. The van der Waals surface area contributed by atoms with E-state index in [0.29, 0.717) is 12.8 Å². The molecule has 0 aromatic rings. The maximum Gasteiger partial charge on any atom is 0.469 e. The molecule has 0 saturated carbocycles. The molecule has 0 heterocycles. The minimum atomic E-state index is -4.79. The highest BCUT2D eigenvalue weighted by Crippen LogP contribution is 2.35. The summed E-state index contributed by atoms with van der Waals surface area (Å²) in [6, 6.07) is 0. The second-order valence-electron chi connectivity index (χ2n) is 12.5. The molecule has 302 valence electrons. The fraction of sp³-hybridized carbons (Fsp3) is 0.511. The van der Waals surface area contributed by atoms with Crippen LogP contribution < -0.4 is 0 Å². The van der Waals surface area contributed by atoms with Crippen molar-refractivity contribution in [2.45, 2.75) is 136 Å². The minimum Gasteiger partial charge on any atom is -0.462 e. The van der Waals surface area contributed by atoms with Crippen LogP contribution >= 0.6 is 7.82 Å². The molecule has 0 rings (SSSR count). The molecule has 0 fully saturated rings. The minimum absolute atomic E-state index is 0.0713. The van der Waals surface area contributed by atoms with Crippen molar-refractivity contribution in [3.63, 3.8) is 0 Å². The first-order valence-corrected chi connectivity index (χ1v) is 21.4. The molecule has 0 spiro atoms. The van der Waals surface area contributed by atoms with E-state index in [1.165, 1.54) is 6.42 Å². The van der Waals surface area contributed by atoms with Crippen LogP contribution in [0, 0.1) is 0 Å². The van der Waals surface area contributed by atoms with Crippen molar-refractivity contribution in [2.24, 2.45) is 0 Å². The number of rotatable bonds is 34. The average Bonchev–Trinajstić information content (AvgIpc) is 3.14. The lowest BCUT2D eigenvalue weighted by molar-refractivity contribution is -0.161. The highest BCUT2D eigenvalue weighted by molar-refractivity contribution is 7.46. The van der Waals surface area contributed by atoms with Crippen molar-refractivity contribution in [3.05, 3.63) is 122 Å². The van der Waals surface area contributed by atoms with Gasteiger partial charge in [0.15, 0.2) is 6.10 Å². The first-order chi connectivity index (χ1) is 26.3. The summed E-state index contributed by atoms with van der Waals surface area (Å²) in [5.41, 5.74) is 0. The molecule has 2 N–H and O–H groups in total. The normalized spacial score (nSPS) is 13.8. The molecule has 0 aromatic carbocycles. The van der Waals surface area contributed by atoms with Gasteiger partial charge in [0, 0.05) is 12.8 Å². The maximum absolute atomic E-state index is 12.4. The Hall–Kier alpha value is -3.55. The summed E-state index contributed by atoms with van der Waals surface area (Å²) < 4.78 is 26.2. The lowest BCUT2D eigenvalue weighted by atomic mass is 10.1. The molecule has 0 bridgehead atoms. The monoisotopic (exact) mass is 768 g/mol. The zero-order chi connectivity index (χ0) is 39.6. The molecule has 0 aliphatic heterocycles. The molecule has 0 aliphatic carbocycles. The quantitative estimate of drug-likeness (QED) is 0.0287. The largest absolute Gasteiger partial charge is 0.469 e. The summed E-state index contributed by atoms with van der Waals surface area (Å²) in [5.74, 6) is -1.03. The molecule has 1 atom stereocenters. The highest BCUT2D eigenvalue weighted by Gasteiger charge is 2.22. The zero-order valence-electron chi connectivity index (χ0n) is 33.1. The van der Waals surface area contributed by atoms with Gasteiger partial charge in [-0.15, -0.1) is 0 Å². The van der Waals surface area contributed by atoms with E-state index in [2.05, 4.69) is 128 Å². The predicted molar refractivity (Wildman–Crippen MR) is 225 cm³/mol.